The van der Waals surface area contributed by atoms with Crippen molar-refractivity contribution < 1.29 is 19.8 Å². The van der Waals surface area contributed by atoms with Crippen molar-refractivity contribution >= 4 is 45.9 Å². The molecule has 0 aliphatic rings. The van der Waals surface area contributed by atoms with Gasteiger partial charge in [-0.1, -0.05) is 0 Å². The van der Waals surface area contributed by atoms with E-state index in [0.29, 0.717) is 9.75 Å². The third-order valence-electron chi connectivity index (χ3n) is 3.22. The van der Waals surface area contributed by atoms with Gasteiger partial charge in [-0.05, 0) is 24.3 Å². The lowest BCUT2D eigenvalue weighted by atomic mass is 10.2. The van der Waals surface area contributed by atoms with E-state index in [0.717, 1.165) is 32.4 Å². The van der Waals surface area contributed by atoms with Gasteiger partial charge in [0, 0.05) is 19.5 Å². The van der Waals surface area contributed by atoms with Gasteiger partial charge in [-0.2, -0.15) is 10.5 Å². The van der Waals surface area contributed by atoms with E-state index >= 15 is 0 Å². The molecule has 0 radical (unpaired) electrons. The minimum atomic E-state index is -1.15. The molecule has 3 rings (SSSR count). The molecule has 122 valence electrons. The zero-order valence-corrected chi connectivity index (χ0v) is 14.6. The van der Waals surface area contributed by atoms with Crippen LogP contribution in [0.15, 0.2) is 24.3 Å². The second-order valence-corrected chi connectivity index (χ2v) is 7.89. The maximum atomic E-state index is 11.2. The molecule has 3 aromatic rings. The Morgan fingerprint density at radius 2 is 1.16 bits per heavy atom. The van der Waals surface area contributed by atoms with Crippen LogP contribution in [0.4, 0.5) is 0 Å². The van der Waals surface area contributed by atoms with E-state index in [4.69, 9.17) is 20.7 Å². The molecule has 3 aromatic heterocycles. The summed E-state index contributed by atoms with van der Waals surface area (Å²) in [7, 11) is 0. The number of hydrogen-bond donors (Lipinski definition) is 2. The second kappa shape index (κ2) is 6.49. The van der Waals surface area contributed by atoms with Crippen molar-refractivity contribution in [2.24, 2.45) is 0 Å². The number of hydrogen-bond acceptors (Lipinski definition) is 7. The first-order valence-corrected chi connectivity index (χ1v) is 9.04. The summed E-state index contributed by atoms with van der Waals surface area (Å²) in [6, 6.07) is 10.2. The number of carboxylic acids is 2. The van der Waals surface area contributed by atoms with Gasteiger partial charge in [-0.3, -0.25) is 0 Å². The van der Waals surface area contributed by atoms with Gasteiger partial charge in [0.15, 0.2) is 0 Å². The van der Waals surface area contributed by atoms with Crippen molar-refractivity contribution in [1.82, 2.24) is 0 Å². The molecule has 0 aliphatic heterocycles. The van der Waals surface area contributed by atoms with E-state index in [1.54, 1.807) is 12.1 Å². The molecule has 0 bridgehead atoms. The second-order valence-electron chi connectivity index (χ2n) is 4.70. The molecule has 0 aliphatic carbocycles. The molecule has 6 nitrogen and oxygen atoms in total. The summed E-state index contributed by atoms with van der Waals surface area (Å²) in [4.78, 5) is 25.4. The molecule has 0 saturated carbocycles. The number of aromatic carboxylic acids is 2. The number of nitrogens with zero attached hydrogens (tertiary/aromatic N) is 2. The molecule has 9 heteroatoms. The van der Waals surface area contributed by atoms with Crippen molar-refractivity contribution in [3.63, 3.8) is 0 Å². The van der Waals surface area contributed by atoms with Gasteiger partial charge in [0.25, 0.3) is 0 Å². The summed E-state index contributed by atoms with van der Waals surface area (Å²) in [5.74, 6) is -2.31. The maximum absolute atomic E-state index is 11.2. The average molecular weight is 386 g/mol. The number of rotatable bonds is 4. The molecule has 0 aromatic carbocycles. The van der Waals surface area contributed by atoms with Crippen LogP contribution >= 0.6 is 34.0 Å². The lowest BCUT2D eigenvalue weighted by Crippen LogP contribution is -1.95. The molecule has 2 N–H and O–H groups in total. The SMILES string of the molecule is N#Cc1sc(-c2ccc(-c3cc(C(=O)O)c(C#N)s3)s2)cc1C(=O)O. The lowest BCUT2D eigenvalue weighted by Gasteiger charge is -1.90. The summed E-state index contributed by atoms with van der Waals surface area (Å²) in [6.45, 7) is 0. The Hall–Kier alpha value is -2.98. The van der Waals surface area contributed by atoms with Gasteiger partial charge in [-0.15, -0.1) is 34.0 Å². The highest BCUT2D eigenvalue weighted by Gasteiger charge is 2.19. The summed E-state index contributed by atoms with van der Waals surface area (Å²) in [6.07, 6.45) is 0. The standard InChI is InChI=1S/C16H6N2O4S3/c17-5-13-7(15(19)20)3-11(24-13)9-1-2-10(23-9)12-4-8(16(21)22)14(6-18)25-12/h1-4H,(H,19,20)(H,21,22). The van der Waals surface area contributed by atoms with Crippen LogP contribution in [0.5, 0.6) is 0 Å². The van der Waals surface area contributed by atoms with Gasteiger partial charge in [-0.25, -0.2) is 9.59 Å². The molecule has 0 amide bonds. The molecule has 0 unspecified atom stereocenters. The van der Waals surface area contributed by atoms with Gasteiger partial charge in [0.05, 0.1) is 11.1 Å². The van der Waals surface area contributed by atoms with Gasteiger partial charge < -0.3 is 10.2 Å². The molecule has 25 heavy (non-hydrogen) atoms. The predicted octanol–water partition coefficient (Wildman–Crippen LogP) is 4.34. The zero-order chi connectivity index (χ0) is 18.1. The van der Waals surface area contributed by atoms with Crippen molar-refractivity contribution in [3.8, 4) is 31.6 Å². The Morgan fingerprint density at radius 3 is 1.44 bits per heavy atom. The van der Waals surface area contributed by atoms with Crippen LogP contribution < -0.4 is 0 Å². The van der Waals surface area contributed by atoms with Crippen LogP contribution in [0.1, 0.15) is 30.5 Å². The Balaban J connectivity index is 2.02. The van der Waals surface area contributed by atoms with Crippen molar-refractivity contribution in [2.45, 2.75) is 0 Å². The van der Waals surface area contributed by atoms with Crippen molar-refractivity contribution in [1.29, 1.82) is 10.5 Å². The molecular weight excluding hydrogens is 380 g/mol. The minimum Gasteiger partial charge on any atom is -0.478 e. The lowest BCUT2D eigenvalue weighted by molar-refractivity contribution is 0.0686. The summed E-state index contributed by atoms with van der Waals surface area (Å²) in [5, 5.41) is 36.3. The molecule has 0 atom stereocenters. The fourth-order valence-corrected chi connectivity index (χ4v) is 5.17. The van der Waals surface area contributed by atoms with E-state index in [2.05, 4.69) is 0 Å². The Bertz CT molecular complexity index is 1010. The quantitative estimate of drug-likeness (QED) is 0.687. The number of carbonyl (C=O) groups is 2. The molecule has 3 heterocycles. The Kier molecular flexibility index (Phi) is 4.38. The van der Waals surface area contributed by atoms with E-state index in [-0.39, 0.29) is 20.9 Å². The first kappa shape index (κ1) is 16.9. The number of nitriles is 2. The highest BCUT2D eigenvalue weighted by molar-refractivity contribution is 7.26. The van der Waals surface area contributed by atoms with Crippen LogP contribution in [0.25, 0.3) is 19.5 Å². The summed E-state index contributed by atoms with van der Waals surface area (Å²) in [5.41, 5.74) is -0.0676. The van der Waals surface area contributed by atoms with Crippen LogP contribution in [0.3, 0.4) is 0 Å². The molecule has 0 saturated heterocycles. The predicted molar refractivity (Wildman–Crippen MR) is 94.3 cm³/mol. The Morgan fingerprint density at radius 1 is 0.760 bits per heavy atom. The highest BCUT2D eigenvalue weighted by Crippen LogP contribution is 2.41. The topological polar surface area (TPSA) is 122 Å². The summed E-state index contributed by atoms with van der Waals surface area (Å²) < 4.78 is 0. The zero-order valence-electron chi connectivity index (χ0n) is 12.1. The van der Waals surface area contributed by atoms with E-state index in [1.807, 2.05) is 12.1 Å². The fourth-order valence-electron chi connectivity index (χ4n) is 2.11. The molecule has 0 fully saturated rings. The number of carboxylic acid groups (broad SMARTS) is 2. The Labute approximate surface area is 153 Å². The minimum absolute atomic E-state index is 0.0338. The van der Waals surface area contributed by atoms with Gasteiger partial charge in [0.2, 0.25) is 0 Å². The number of thiophene rings is 3. The average Bonchev–Trinajstić information content (AvgIpc) is 3.29. The monoisotopic (exact) mass is 386 g/mol. The van der Waals surface area contributed by atoms with Gasteiger partial charge >= 0.3 is 11.9 Å². The van der Waals surface area contributed by atoms with E-state index < -0.39 is 11.9 Å². The van der Waals surface area contributed by atoms with E-state index in [1.165, 1.54) is 23.5 Å². The first-order valence-electron chi connectivity index (χ1n) is 6.59. The van der Waals surface area contributed by atoms with Crippen molar-refractivity contribution in [2.75, 3.05) is 0 Å². The maximum Gasteiger partial charge on any atom is 0.337 e. The largest absolute Gasteiger partial charge is 0.478 e. The highest BCUT2D eigenvalue weighted by atomic mass is 32.1. The first-order chi connectivity index (χ1) is 11.9. The van der Waals surface area contributed by atoms with E-state index in [9.17, 15) is 9.59 Å². The van der Waals surface area contributed by atoms with Crippen LogP contribution in [-0.2, 0) is 0 Å². The third-order valence-corrected chi connectivity index (χ3v) is 6.78. The smallest absolute Gasteiger partial charge is 0.337 e. The van der Waals surface area contributed by atoms with Crippen LogP contribution in [0.2, 0.25) is 0 Å². The third kappa shape index (κ3) is 3.04. The van der Waals surface area contributed by atoms with Crippen LogP contribution in [-0.4, -0.2) is 22.2 Å². The van der Waals surface area contributed by atoms with Crippen molar-refractivity contribution in [3.05, 3.63) is 45.1 Å². The fraction of sp³-hybridized carbons (Fsp3) is 0. The van der Waals surface area contributed by atoms with Gasteiger partial charge in [0.1, 0.15) is 21.9 Å². The normalized spacial score (nSPS) is 10.2. The van der Waals surface area contributed by atoms with Crippen LogP contribution in [0, 0.1) is 22.7 Å². The summed E-state index contributed by atoms with van der Waals surface area (Å²) >= 11 is 3.53. The molecule has 0 spiro atoms. The molecular formula is C16H6N2O4S3.